The number of rotatable bonds is 3. The molecule has 6 heteroatoms. The average Bonchev–Trinajstić information content (AvgIpc) is 2.41. The van der Waals surface area contributed by atoms with Gasteiger partial charge in [-0.05, 0) is 48.1 Å². The number of anilines is 1. The molecule has 102 valence electrons. The monoisotopic (exact) mass is 380 g/mol. The fraction of sp³-hybridized carbons (Fsp3) is 0.214. The van der Waals surface area contributed by atoms with Gasteiger partial charge in [0.05, 0.1) is 20.9 Å². The van der Waals surface area contributed by atoms with Crippen molar-refractivity contribution in [3.63, 3.8) is 0 Å². The topological polar surface area (TPSA) is 84.8 Å². The van der Waals surface area contributed by atoms with Crippen molar-refractivity contribution in [3.05, 3.63) is 38.9 Å². The van der Waals surface area contributed by atoms with E-state index in [0.717, 1.165) is 15.7 Å². The predicted octanol–water partition coefficient (Wildman–Crippen LogP) is 3.20. The van der Waals surface area contributed by atoms with Gasteiger partial charge in [-0.1, -0.05) is 6.92 Å². The second-order valence-corrected chi connectivity index (χ2v) is 5.35. The third-order valence-electron chi connectivity index (χ3n) is 2.64. The van der Waals surface area contributed by atoms with Gasteiger partial charge in [0.25, 0.3) is 0 Å². The zero-order valence-electron chi connectivity index (χ0n) is 11.1. The molecule has 0 unspecified atom stereocenters. The quantitative estimate of drug-likeness (QED) is 0.653. The lowest BCUT2D eigenvalue weighted by Crippen LogP contribution is -2.00. The minimum atomic E-state index is 0.419. The highest BCUT2D eigenvalue weighted by atomic mass is 127. The van der Waals surface area contributed by atoms with Crippen molar-refractivity contribution in [2.24, 2.45) is 0 Å². The Labute approximate surface area is 130 Å². The number of nitriles is 1. The van der Waals surface area contributed by atoms with Gasteiger partial charge in [0.1, 0.15) is 5.82 Å². The van der Waals surface area contributed by atoms with Crippen molar-refractivity contribution < 1.29 is 4.74 Å². The summed E-state index contributed by atoms with van der Waals surface area (Å²) in [5.41, 5.74) is 7.77. The van der Waals surface area contributed by atoms with E-state index in [9.17, 15) is 0 Å². The molecule has 0 aliphatic carbocycles. The largest absolute Gasteiger partial charge is 0.436 e. The summed E-state index contributed by atoms with van der Waals surface area (Å²) in [6.45, 7) is 3.84. The van der Waals surface area contributed by atoms with E-state index < -0.39 is 0 Å². The van der Waals surface area contributed by atoms with Gasteiger partial charge in [0.15, 0.2) is 5.75 Å². The van der Waals surface area contributed by atoms with Crippen LogP contribution in [0.4, 0.5) is 5.69 Å². The molecule has 1 aromatic heterocycles. The number of nitrogens with zero attached hydrogens (tertiary/aromatic N) is 3. The van der Waals surface area contributed by atoms with Crippen LogP contribution in [0.1, 0.15) is 24.0 Å². The van der Waals surface area contributed by atoms with Gasteiger partial charge in [0, 0.05) is 11.8 Å². The molecule has 20 heavy (non-hydrogen) atoms. The second-order valence-electron chi connectivity index (χ2n) is 4.19. The van der Waals surface area contributed by atoms with Gasteiger partial charge in [-0.15, -0.1) is 0 Å². The van der Waals surface area contributed by atoms with Crippen LogP contribution in [-0.2, 0) is 6.42 Å². The minimum absolute atomic E-state index is 0.419. The molecule has 0 spiro atoms. The number of hydrogen-bond donors (Lipinski definition) is 1. The van der Waals surface area contributed by atoms with Crippen LogP contribution in [0.15, 0.2) is 18.2 Å². The summed E-state index contributed by atoms with van der Waals surface area (Å²) in [6, 6.07) is 7.17. The summed E-state index contributed by atoms with van der Waals surface area (Å²) < 4.78 is 6.54. The molecular formula is C14H13IN4O. The van der Waals surface area contributed by atoms with Crippen LogP contribution in [0.5, 0.6) is 11.6 Å². The molecule has 0 amide bonds. The van der Waals surface area contributed by atoms with Crippen molar-refractivity contribution >= 4 is 28.3 Å². The Balaban J connectivity index is 2.40. The van der Waals surface area contributed by atoms with Gasteiger partial charge in [-0.3, -0.25) is 0 Å². The predicted molar refractivity (Wildman–Crippen MR) is 84.5 cm³/mol. The number of nitrogens with two attached hydrogens (primary N) is 1. The number of aromatic nitrogens is 2. The molecule has 2 rings (SSSR count). The summed E-state index contributed by atoms with van der Waals surface area (Å²) in [5.74, 6) is 1.63. The van der Waals surface area contributed by atoms with Crippen LogP contribution >= 0.6 is 22.6 Å². The fourth-order valence-electron chi connectivity index (χ4n) is 1.72. The fourth-order valence-corrected chi connectivity index (χ4v) is 2.48. The van der Waals surface area contributed by atoms with Gasteiger partial charge >= 0.3 is 0 Å². The molecule has 5 nitrogen and oxygen atoms in total. The Bertz CT molecular complexity index is 671. The Morgan fingerprint density at radius 2 is 2.10 bits per heavy atom. The van der Waals surface area contributed by atoms with E-state index in [1.165, 1.54) is 0 Å². The van der Waals surface area contributed by atoms with Crippen LogP contribution in [0.2, 0.25) is 0 Å². The molecule has 1 heterocycles. The van der Waals surface area contributed by atoms with Crippen LogP contribution in [-0.4, -0.2) is 9.97 Å². The molecule has 0 radical (unpaired) electrons. The van der Waals surface area contributed by atoms with Crippen molar-refractivity contribution in [1.82, 2.24) is 9.97 Å². The molecule has 2 N–H and O–H groups in total. The Morgan fingerprint density at radius 3 is 2.70 bits per heavy atom. The molecule has 0 bridgehead atoms. The van der Waals surface area contributed by atoms with Crippen molar-refractivity contribution in [1.29, 1.82) is 5.26 Å². The van der Waals surface area contributed by atoms with E-state index >= 15 is 0 Å². The van der Waals surface area contributed by atoms with Crippen molar-refractivity contribution in [2.75, 3.05) is 5.73 Å². The molecule has 1 aromatic carbocycles. The van der Waals surface area contributed by atoms with Crippen LogP contribution in [0, 0.1) is 21.8 Å². The van der Waals surface area contributed by atoms with Gasteiger partial charge in [-0.2, -0.15) is 10.2 Å². The molecule has 0 atom stereocenters. The standard InChI is InChI=1S/C14H13IN4O/c1-3-10-6-13(19-8(2)18-10)20-14-11(15)4-9(7-16)5-12(14)17/h4-6H,3,17H2,1-2H3. The smallest absolute Gasteiger partial charge is 0.222 e. The van der Waals surface area contributed by atoms with Crippen LogP contribution in [0.3, 0.4) is 0 Å². The van der Waals surface area contributed by atoms with E-state index in [0.29, 0.717) is 28.7 Å². The van der Waals surface area contributed by atoms with E-state index in [1.807, 2.05) is 13.8 Å². The first kappa shape index (κ1) is 14.5. The van der Waals surface area contributed by atoms with Crippen molar-refractivity contribution in [3.8, 4) is 17.7 Å². The number of aryl methyl sites for hydroxylation is 2. The molecule has 2 aromatic rings. The molecular weight excluding hydrogens is 367 g/mol. The zero-order valence-corrected chi connectivity index (χ0v) is 13.3. The third-order valence-corrected chi connectivity index (χ3v) is 3.44. The number of halogens is 1. The molecule has 0 saturated carbocycles. The summed E-state index contributed by atoms with van der Waals surface area (Å²) in [6.07, 6.45) is 0.805. The molecule has 0 fully saturated rings. The van der Waals surface area contributed by atoms with Crippen LogP contribution in [0.25, 0.3) is 0 Å². The maximum Gasteiger partial charge on any atom is 0.222 e. The maximum atomic E-state index is 8.90. The summed E-state index contributed by atoms with van der Waals surface area (Å²) in [5, 5.41) is 8.90. The van der Waals surface area contributed by atoms with Gasteiger partial charge < -0.3 is 10.5 Å². The Morgan fingerprint density at radius 1 is 1.35 bits per heavy atom. The first-order valence-electron chi connectivity index (χ1n) is 6.05. The number of hydrogen-bond acceptors (Lipinski definition) is 5. The first-order chi connectivity index (χ1) is 9.53. The highest BCUT2D eigenvalue weighted by Crippen LogP contribution is 2.33. The Kier molecular flexibility index (Phi) is 4.39. The van der Waals surface area contributed by atoms with Gasteiger partial charge in [-0.25, -0.2) is 4.98 Å². The summed E-state index contributed by atoms with van der Waals surface area (Å²) >= 11 is 2.09. The minimum Gasteiger partial charge on any atom is -0.436 e. The maximum absolute atomic E-state index is 8.90. The summed E-state index contributed by atoms with van der Waals surface area (Å²) in [7, 11) is 0. The lowest BCUT2D eigenvalue weighted by Gasteiger charge is -2.11. The number of benzene rings is 1. The SMILES string of the molecule is CCc1cc(Oc2c(N)cc(C#N)cc2I)nc(C)n1. The Hall–Kier alpha value is -1.88. The van der Waals surface area contributed by atoms with E-state index in [1.54, 1.807) is 18.2 Å². The lowest BCUT2D eigenvalue weighted by atomic mass is 10.2. The van der Waals surface area contributed by atoms with Crippen LogP contribution < -0.4 is 10.5 Å². The second kappa shape index (κ2) is 6.05. The zero-order chi connectivity index (χ0) is 14.7. The highest BCUT2D eigenvalue weighted by molar-refractivity contribution is 14.1. The van der Waals surface area contributed by atoms with Gasteiger partial charge in [0.2, 0.25) is 5.88 Å². The highest BCUT2D eigenvalue weighted by Gasteiger charge is 2.11. The van der Waals surface area contributed by atoms with Crippen molar-refractivity contribution in [2.45, 2.75) is 20.3 Å². The summed E-state index contributed by atoms with van der Waals surface area (Å²) in [4.78, 5) is 8.54. The molecule has 0 aliphatic rings. The van der Waals surface area contributed by atoms with E-state index in [2.05, 4.69) is 38.6 Å². The molecule has 0 aliphatic heterocycles. The normalized spacial score (nSPS) is 10.1. The van der Waals surface area contributed by atoms with E-state index in [4.69, 9.17) is 15.7 Å². The average molecular weight is 380 g/mol. The van der Waals surface area contributed by atoms with E-state index in [-0.39, 0.29) is 0 Å². The number of ether oxygens (including phenoxy) is 1. The first-order valence-corrected chi connectivity index (χ1v) is 7.13. The molecule has 0 saturated heterocycles. The number of nitrogen functional groups attached to an aromatic ring is 1. The lowest BCUT2D eigenvalue weighted by molar-refractivity contribution is 0.457. The third kappa shape index (κ3) is 3.17.